The average molecular weight is 493 g/mol. The van der Waals surface area contributed by atoms with Gasteiger partial charge in [-0.3, -0.25) is 4.79 Å². The number of anilines is 1. The van der Waals surface area contributed by atoms with Crippen LogP contribution in [0.15, 0.2) is 76.4 Å². The summed E-state index contributed by atoms with van der Waals surface area (Å²) in [6.45, 7) is 1.51. The molecule has 1 aromatic heterocycles. The Morgan fingerprint density at radius 2 is 1.80 bits per heavy atom. The van der Waals surface area contributed by atoms with Crippen LogP contribution in [-0.2, 0) is 15.3 Å². The molecule has 0 aliphatic heterocycles. The van der Waals surface area contributed by atoms with Gasteiger partial charge in [0, 0.05) is 11.8 Å². The van der Waals surface area contributed by atoms with Crippen LogP contribution in [0.2, 0.25) is 0 Å². The Hall–Kier alpha value is -3.98. The second-order valence-corrected chi connectivity index (χ2v) is 8.42. The van der Waals surface area contributed by atoms with Crippen LogP contribution >= 0.6 is 11.8 Å². The molecule has 0 saturated heterocycles. The van der Waals surface area contributed by atoms with E-state index in [9.17, 15) is 9.59 Å². The lowest BCUT2D eigenvalue weighted by Crippen LogP contribution is -2.30. The largest absolute Gasteiger partial charge is 0.497 e. The SMILES string of the molecule is COc1ccc(OC)c(NC(=O)C(C)OC(=O)c2ccccc2CSc2nc3ccccc3o2)c1. The molecule has 1 unspecified atom stereocenters. The van der Waals surface area contributed by atoms with E-state index in [4.69, 9.17) is 18.6 Å². The minimum atomic E-state index is -1.05. The number of nitrogens with zero attached hydrogens (tertiary/aromatic N) is 1. The van der Waals surface area contributed by atoms with Gasteiger partial charge in [-0.05, 0) is 42.8 Å². The third kappa shape index (κ3) is 5.75. The number of methoxy groups -OCH3 is 2. The number of nitrogens with one attached hydrogen (secondary N) is 1. The smallest absolute Gasteiger partial charge is 0.339 e. The van der Waals surface area contributed by atoms with E-state index in [1.165, 1.54) is 32.9 Å². The highest BCUT2D eigenvalue weighted by atomic mass is 32.2. The fourth-order valence-corrected chi connectivity index (χ4v) is 4.16. The molecular weight excluding hydrogens is 468 g/mol. The summed E-state index contributed by atoms with van der Waals surface area (Å²) >= 11 is 1.37. The fourth-order valence-electron chi connectivity index (χ4n) is 3.32. The summed E-state index contributed by atoms with van der Waals surface area (Å²) in [6.07, 6.45) is -1.05. The number of carbonyl (C=O) groups excluding carboxylic acids is 2. The topological polar surface area (TPSA) is 99.9 Å². The maximum atomic E-state index is 12.9. The van der Waals surface area contributed by atoms with Crippen molar-refractivity contribution in [3.05, 3.63) is 77.9 Å². The van der Waals surface area contributed by atoms with Crippen LogP contribution < -0.4 is 14.8 Å². The Balaban J connectivity index is 1.42. The lowest BCUT2D eigenvalue weighted by Gasteiger charge is -2.16. The van der Waals surface area contributed by atoms with Crippen molar-refractivity contribution in [1.82, 2.24) is 4.98 Å². The highest BCUT2D eigenvalue weighted by molar-refractivity contribution is 7.98. The van der Waals surface area contributed by atoms with Gasteiger partial charge in [0.15, 0.2) is 11.7 Å². The van der Waals surface area contributed by atoms with Crippen molar-refractivity contribution in [1.29, 1.82) is 0 Å². The normalized spacial score (nSPS) is 11.6. The number of oxazole rings is 1. The molecule has 0 radical (unpaired) electrons. The number of hydrogen-bond acceptors (Lipinski definition) is 8. The van der Waals surface area contributed by atoms with Crippen LogP contribution in [0, 0.1) is 0 Å². The van der Waals surface area contributed by atoms with E-state index in [2.05, 4.69) is 10.3 Å². The van der Waals surface area contributed by atoms with E-state index in [0.29, 0.717) is 39.3 Å². The number of esters is 1. The Bertz CT molecular complexity index is 1320. The van der Waals surface area contributed by atoms with E-state index in [1.807, 2.05) is 36.4 Å². The van der Waals surface area contributed by atoms with E-state index in [0.717, 1.165) is 11.1 Å². The summed E-state index contributed by atoms with van der Waals surface area (Å²) in [5.41, 5.74) is 3.00. The fraction of sp³-hybridized carbons (Fsp3) is 0.192. The lowest BCUT2D eigenvalue weighted by molar-refractivity contribution is -0.123. The maximum absolute atomic E-state index is 12.9. The Morgan fingerprint density at radius 3 is 2.57 bits per heavy atom. The summed E-state index contributed by atoms with van der Waals surface area (Å²) < 4.78 is 21.7. The Labute approximate surface area is 206 Å². The van der Waals surface area contributed by atoms with Crippen LogP contribution in [0.25, 0.3) is 11.1 Å². The molecule has 0 bridgehead atoms. The molecule has 3 aromatic carbocycles. The van der Waals surface area contributed by atoms with Crippen LogP contribution in [0.3, 0.4) is 0 Å². The van der Waals surface area contributed by atoms with Crippen LogP contribution in [-0.4, -0.2) is 37.2 Å². The van der Waals surface area contributed by atoms with Gasteiger partial charge in [-0.25, -0.2) is 9.78 Å². The van der Waals surface area contributed by atoms with Gasteiger partial charge >= 0.3 is 5.97 Å². The van der Waals surface area contributed by atoms with E-state index < -0.39 is 18.0 Å². The zero-order valence-corrected chi connectivity index (χ0v) is 20.3. The summed E-state index contributed by atoms with van der Waals surface area (Å²) in [6, 6.07) is 19.6. The van der Waals surface area contributed by atoms with Gasteiger partial charge in [-0.15, -0.1) is 0 Å². The number of hydrogen-bond donors (Lipinski definition) is 1. The van der Waals surface area contributed by atoms with Crippen LogP contribution in [0.5, 0.6) is 11.5 Å². The molecule has 1 heterocycles. The molecular formula is C26H24N2O6S. The highest BCUT2D eigenvalue weighted by Gasteiger charge is 2.22. The molecule has 8 nitrogen and oxygen atoms in total. The van der Waals surface area contributed by atoms with Crippen LogP contribution in [0.1, 0.15) is 22.8 Å². The van der Waals surface area contributed by atoms with E-state index >= 15 is 0 Å². The Kier molecular flexibility index (Phi) is 7.57. The number of aromatic nitrogens is 1. The number of thioether (sulfide) groups is 1. The Morgan fingerprint density at radius 1 is 1.03 bits per heavy atom. The first-order valence-electron chi connectivity index (χ1n) is 10.8. The van der Waals surface area contributed by atoms with Crippen molar-refractivity contribution in [2.45, 2.75) is 24.0 Å². The quantitative estimate of drug-likeness (QED) is 0.247. The van der Waals surface area contributed by atoms with Crippen molar-refractivity contribution in [3.63, 3.8) is 0 Å². The standard InChI is InChI=1S/C26H24N2O6S/c1-16(24(29)27-21-14-18(31-2)12-13-22(21)32-3)33-25(30)19-9-5-4-8-17(19)15-35-26-28-20-10-6-7-11-23(20)34-26/h4-14,16H,15H2,1-3H3,(H,27,29). The average Bonchev–Trinajstić information content (AvgIpc) is 3.30. The van der Waals surface area contributed by atoms with Crippen molar-refractivity contribution in [2.75, 3.05) is 19.5 Å². The van der Waals surface area contributed by atoms with Gasteiger partial charge in [0.2, 0.25) is 0 Å². The molecule has 1 N–H and O–H groups in total. The highest BCUT2D eigenvalue weighted by Crippen LogP contribution is 2.30. The number of ether oxygens (including phenoxy) is 3. The molecule has 180 valence electrons. The summed E-state index contributed by atoms with van der Waals surface area (Å²) in [7, 11) is 3.02. The predicted octanol–water partition coefficient (Wildman–Crippen LogP) is 5.32. The number of para-hydroxylation sites is 2. The van der Waals surface area contributed by atoms with Crippen molar-refractivity contribution >= 4 is 40.4 Å². The summed E-state index contributed by atoms with van der Waals surface area (Å²) in [4.78, 5) is 30.1. The molecule has 9 heteroatoms. The van der Waals surface area contributed by atoms with Crippen molar-refractivity contribution in [2.24, 2.45) is 0 Å². The molecule has 0 fully saturated rings. The predicted molar refractivity (Wildman–Crippen MR) is 133 cm³/mol. The minimum absolute atomic E-state index is 0.370. The summed E-state index contributed by atoms with van der Waals surface area (Å²) in [5, 5.41) is 3.23. The number of fused-ring (bicyclic) bond motifs is 1. The first-order chi connectivity index (χ1) is 17.0. The molecule has 1 atom stereocenters. The third-order valence-corrected chi connectivity index (χ3v) is 6.06. The van der Waals surface area contributed by atoms with Gasteiger partial charge < -0.3 is 23.9 Å². The molecule has 4 rings (SSSR count). The molecule has 0 aliphatic carbocycles. The van der Waals surface area contributed by atoms with Gasteiger partial charge in [0.05, 0.1) is 25.5 Å². The van der Waals surface area contributed by atoms with Crippen molar-refractivity contribution in [3.8, 4) is 11.5 Å². The number of benzene rings is 3. The third-order valence-electron chi connectivity index (χ3n) is 5.18. The molecule has 4 aromatic rings. The number of rotatable bonds is 9. The molecule has 0 saturated carbocycles. The van der Waals surface area contributed by atoms with E-state index in [1.54, 1.807) is 30.3 Å². The first kappa shape index (κ1) is 24.2. The van der Waals surface area contributed by atoms with Gasteiger partial charge in [0.25, 0.3) is 11.1 Å². The molecule has 0 spiro atoms. The van der Waals surface area contributed by atoms with Crippen LogP contribution in [0.4, 0.5) is 5.69 Å². The number of carbonyl (C=O) groups is 2. The number of amides is 1. The van der Waals surface area contributed by atoms with Crippen molar-refractivity contribution < 1.29 is 28.2 Å². The van der Waals surface area contributed by atoms with Gasteiger partial charge in [-0.1, -0.05) is 42.1 Å². The monoisotopic (exact) mass is 492 g/mol. The minimum Gasteiger partial charge on any atom is -0.497 e. The zero-order chi connectivity index (χ0) is 24.8. The van der Waals surface area contributed by atoms with Gasteiger partial charge in [0.1, 0.15) is 17.0 Å². The second-order valence-electron chi connectivity index (χ2n) is 7.50. The lowest BCUT2D eigenvalue weighted by atomic mass is 10.1. The maximum Gasteiger partial charge on any atom is 0.339 e. The molecule has 35 heavy (non-hydrogen) atoms. The zero-order valence-electron chi connectivity index (χ0n) is 19.4. The first-order valence-corrected chi connectivity index (χ1v) is 11.8. The van der Waals surface area contributed by atoms with E-state index in [-0.39, 0.29) is 0 Å². The second kappa shape index (κ2) is 11.0. The molecule has 1 amide bonds. The molecule has 0 aliphatic rings. The van der Waals surface area contributed by atoms with Gasteiger partial charge in [-0.2, -0.15) is 0 Å². The summed E-state index contributed by atoms with van der Waals surface area (Å²) in [5.74, 6) is 0.359.